The summed E-state index contributed by atoms with van der Waals surface area (Å²) in [6.45, 7) is -0.386. The molecule has 7 heteroatoms. The Morgan fingerprint density at radius 1 is 1.48 bits per heavy atom. The molecule has 1 heterocycles. The molecule has 0 bridgehead atoms. The number of amides is 2. The van der Waals surface area contributed by atoms with Gasteiger partial charge >= 0.3 is 5.97 Å². The van der Waals surface area contributed by atoms with Crippen LogP contribution in [0.25, 0.3) is 0 Å². The Labute approximate surface area is 121 Å². The van der Waals surface area contributed by atoms with Gasteiger partial charge in [-0.1, -0.05) is 12.1 Å². The molecule has 0 aliphatic carbocycles. The zero-order valence-corrected chi connectivity index (χ0v) is 11.5. The Hall–Kier alpha value is -2.25. The number of likely N-dealkylation sites (N-methyl/N-ethyl adjacent to an activating group) is 1. The van der Waals surface area contributed by atoms with Crippen LogP contribution in [0.4, 0.5) is 0 Å². The number of carbonyl (C=O) groups is 3. The van der Waals surface area contributed by atoms with Crippen molar-refractivity contribution in [3.05, 3.63) is 34.9 Å². The SMILES string of the molecule is CN1C(=O)Cc2ccc(C(N)COCC(=O)O)cc2C1=O. The third-order valence-corrected chi connectivity index (χ3v) is 3.34. The van der Waals surface area contributed by atoms with Gasteiger partial charge in [-0.25, -0.2) is 4.79 Å². The molecular formula is C14H16N2O5. The van der Waals surface area contributed by atoms with Gasteiger partial charge in [-0.05, 0) is 17.2 Å². The normalized spacial score (nSPS) is 15.8. The van der Waals surface area contributed by atoms with Gasteiger partial charge in [0.25, 0.3) is 5.91 Å². The van der Waals surface area contributed by atoms with Gasteiger partial charge in [0.05, 0.1) is 19.1 Å². The largest absolute Gasteiger partial charge is 0.480 e. The maximum atomic E-state index is 12.1. The molecule has 7 nitrogen and oxygen atoms in total. The Morgan fingerprint density at radius 2 is 2.19 bits per heavy atom. The van der Waals surface area contributed by atoms with E-state index in [1.807, 2.05) is 0 Å². The van der Waals surface area contributed by atoms with Crippen molar-refractivity contribution in [1.82, 2.24) is 4.90 Å². The van der Waals surface area contributed by atoms with Crippen molar-refractivity contribution < 1.29 is 24.2 Å². The topological polar surface area (TPSA) is 110 Å². The molecule has 1 aromatic carbocycles. The van der Waals surface area contributed by atoms with Gasteiger partial charge in [0.1, 0.15) is 6.61 Å². The third-order valence-electron chi connectivity index (χ3n) is 3.34. The maximum absolute atomic E-state index is 12.1. The molecule has 1 unspecified atom stereocenters. The molecule has 1 aliphatic rings. The fourth-order valence-corrected chi connectivity index (χ4v) is 2.12. The minimum atomic E-state index is -1.07. The predicted octanol–water partition coefficient (Wildman–Crippen LogP) is -0.0577. The van der Waals surface area contributed by atoms with Gasteiger partial charge in [-0.3, -0.25) is 14.5 Å². The second-order valence-electron chi connectivity index (χ2n) is 4.87. The highest BCUT2D eigenvalue weighted by molar-refractivity contribution is 6.09. The van der Waals surface area contributed by atoms with Crippen LogP contribution in [0.3, 0.4) is 0 Å². The first kappa shape index (κ1) is 15.1. The standard InChI is InChI=1S/C14H16N2O5/c1-16-12(17)5-8-2-3-9(4-10(8)14(16)20)11(15)6-21-7-13(18)19/h2-4,11H,5-7,15H2,1H3,(H,18,19). The van der Waals surface area contributed by atoms with Crippen LogP contribution < -0.4 is 5.73 Å². The van der Waals surface area contributed by atoms with Crippen LogP contribution in [0.5, 0.6) is 0 Å². The second-order valence-corrected chi connectivity index (χ2v) is 4.87. The van der Waals surface area contributed by atoms with Crippen LogP contribution >= 0.6 is 0 Å². The fraction of sp³-hybridized carbons (Fsp3) is 0.357. The molecule has 0 saturated carbocycles. The molecule has 0 saturated heterocycles. The smallest absolute Gasteiger partial charge is 0.329 e. The average molecular weight is 292 g/mol. The van der Waals surface area contributed by atoms with Crippen molar-refractivity contribution in [3.63, 3.8) is 0 Å². The van der Waals surface area contributed by atoms with Crippen LogP contribution in [0.15, 0.2) is 18.2 Å². The average Bonchev–Trinajstić information content (AvgIpc) is 2.44. The van der Waals surface area contributed by atoms with Crippen LogP contribution in [0.1, 0.15) is 27.5 Å². The molecule has 0 fully saturated rings. The first-order valence-electron chi connectivity index (χ1n) is 6.39. The summed E-state index contributed by atoms with van der Waals surface area (Å²) in [4.78, 5) is 35.1. The number of benzene rings is 1. The first-order chi connectivity index (χ1) is 9.90. The van der Waals surface area contributed by atoms with Gasteiger partial charge in [0.15, 0.2) is 0 Å². The summed E-state index contributed by atoms with van der Waals surface area (Å²) < 4.78 is 4.95. The van der Waals surface area contributed by atoms with Crippen LogP contribution in [0, 0.1) is 0 Å². The zero-order valence-electron chi connectivity index (χ0n) is 11.5. The van der Waals surface area contributed by atoms with Crippen LogP contribution in [0.2, 0.25) is 0 Å². The highest BCUT2D eigenvalue weighted by atomic mass is 16.5. The van der Waals surface area contributed by atoms with Gasteiger partial charge in [-0.2, -0.15) is 0 Å². The number of nitrogens with zero attached hydrogens (tertiary/aromatic N) is 1. The van der Waals surface area contributed by atoms with E-state index in [4.69, 9.17) is 15.6 Å². The lowest BCUT2D eigenvalue weighted by atomic mass is 9.94. The van der Waals surface area contributed by atoms with Crippen molar-refractivity contribution in [2.75, 3.05) is 20.3 Å². The van der Waals surface area contributed by atoms with E-state index in [9.17, 15) is 14.4 Å². The molecule has 2 rings (SSSR count). The van der Waals surface area contributed by atoms with E-state index < -0.39 is 18.6 Å². The Balaban J connectivity index is 2.15. The summed E-state index contributed by atoms with van der Waals surface area (Å²) in [6.07, 6.45) is 0.183. The van der Waals surface area contributed by atoms with Crippen LogP contribution in [-0.4, -0.2) is 48.1 Å². The molecule has 21 heavy (non-hydrogen) atoms. The van der Waals surface area contributed by atoms with Crippen molar-refractivity contribution in [3.8, 4) is 0 Å². The molecule has 1 atom stereocenters. The van der Waals surface area contributed by atoms with Gasteiger partial charge in [0.2, 0.25) is 5.91 Å². The molecule has 0 spiro atoms. The lowest BCUT2D eigenvalue weighted by Crippen LogP contribution is -2.39. The van der Waals surface area contributed by atoms with E-state index in [2.05, 4.69) is 0 Å². The number of rotatable bonds is 5. The maximum Gasteiger partial charge on any atom is 0.329 e. The van der Waals surface area contributed by atoms with Gasteiger partial charge in [-0.15, -0.1) is 0 Å². The molecule has 0 aromatic heterocycles. The van der Waals surface area contributed by atoms with E-state index in [1.165, 1.54) is 7.05 Å². The summed E-state index contributed by atoms with van der Waals surface area (Å²) in [6, 6.07) is 4.52. The Bertz CT molecular complexity index is 599. The van der Waals surface area contributed by atoms with E-state index in [1.54, 1.807) is 18.2 Å². The number of carbonyl (C=O) groups excluding carboxylic acids is 2. The van der Waals surface area contributed by atoms with E-state index in [0.29, 0.717) is 16.7 Å². The Morgan fingerprint density at radius 3 is 2.86 bits per heavy atom. The van der Waals surface area contributed by atoms with Gasteiger partial charge < -0.3 is 15.6 Å². The number of carboxylic acids is 1. The number of fused-ring (bicyclic) bond motifs is 1. The highest BCUT2D eigenvalue weighted by Gasteiger charge is 2.28. The molecule has 1 aromatic rings. The molecule has 2 amide bonds. The number of carboxylic acid groups (broad SMARTS) is 1. The minimum Gasteiger partial charge on any atom is -0.480 e. The minimum absolute atomic E-state index is 0.0358. The van der Waals surface area contributed by atoms with Crippen molar-refractivity contribution in [2.24, 2.45) is 5.73 Å². The van der Waals surface area contributed by atoms with Crippen molar-refractivity contribution >= 4 is 17.8 Å². The van der Waals surface area contributed by atoms with Crippen molar-refractivity contribution in [1.29, 1.82) is 0 Å². The monoisotopic (exact) mass is 292 g/mol. The number of ether oxygens (including phenoxy) is 1. The van der Waals surface area contributed by atoms with E-state index >= 15 is 0 Å². The summed E-state index contributed by atoms with van der Waals surface area (Å²) in [5.41, 5.74) is 7.69. The summed E-state index contributed by atoms with van der Waals surface area (Å²) in [7, 11) is 1.44. The molecule has 3 N–H and O–H groups in total. The number of aliphatic carboxylic acids is 1. The molecule has 0 radical (unpaired) electrons. The summed E-state index contributed by atoms with van der Waals surface area (Å²) >= 11 is 0. The number of nitrogens with two attached hydrogens (primary N) is 1. The molecule has 1 aliphatic heterocycles. The highest BCUT2D eigenvalue weighted by Crippen LogP contribution is 2.22. The van der Waals surface area contributed by atoms with Gasteiger partial charge in [0, 0.05) is 12.6 Å². The third kappa shape index (κ3) is 3.26. The lowest BCUT2D eigenvalue weighted by Gasteiger charge is -2.24. The van der Waals surface area contributed by atoms with Crippen LogP contribution in [-0.2, 0) is 20.7 Å². The number of imide groups is 1. The first-order valence-corrected chi connectivity index (χ1v) is 6.39. The van der Waals surface area contributed by atoms with E-state index in [-0.39, 0.29) is 24.8 Å². The van der Waals surface area contributed by atoms with E-state index in [0.717, 1.165) is 4.90 Å². The predicted molar refractivity (Wildman–Crippen MR) is 72.6 cm³/mol. The second kappa shape index (κ2) is 6.02. The lowest BCUT2D eigenvalue weighted by molar-refractivity contribution is -0.142. The molecule has 112 valence electrons. The van der Waals surface area contributed by atoms with Crippen molar-refractivity contribution in [2.45, 2.75) is 12.5 Å². The summed E-state index contributed by atoms with van der Waals surface area (Å²) in [5.74, 6) is -1.67. The fourth-order valence-electron chi connectivity index (χ4n) is 2.12. The number of hydrogen-bond acceptors (Lipinski definition) is 5. The Kier molecular flexibility index (Phi) is 4.35. The molecular weight excluding hydrogens is 276 g/mol. The zero-order chi connectivity index (χ0) is 15.6. The number of hydrogen-bond donors (Lipinski definition) is 2. The summed E-state index contributed by atoms with van der Waals surface area (Å²) in [5, 5.41) is 8.50. The quantitative estimate of drug-likeness (QED) is 0.736.